The molecule has 7 nitrogen and oxygen atoms in total. The van der Waals surface area contributed by atoms with Crippen LogP contribution in [0.4, 0.5) is 0 Å². The molecule has 1 aromatic carbocycles. The first-order valence-electron chi connectivity index (χ1n) is 10.8. The summed E-state index contributed by atoms with van der Waals surface area (Å²) in [5.41, 5.74) is 3.35. The van der Waals surface area contributed by atoms with E-state index in [0.717, 1.165) is 38.3 Å². The number of aromatic carboxylic acids is 1. The molecule has 1 fully saturated rings. The van der Waals surface area contributed by atoms with Gasteiger partial charge in [0.15, 0.2) is 0 Å². The van der Waals surface area contributed by atoms with Gasteiger partial charge in [0.25, 0.3) is 0 Å². The summed E-state index contributed by atoms with van der Waals surface area (Å²) in [6.07, 6.45) is 3.14. The van der Waals surface area contributed by atoms with Gasteiger partial charge in [0.2, 0.25) is 5.91 Å². The molecule has 3 rings (SSSR count). The predicted molar refractivity (Wildman–Crippen MR) is 120 cm³/mol. The lowest BCUT2D eigenvalue weighted by Gasteiger charge is -2.32. The SMILES string of the molecule is CN1CCN(Cc2ccc(CN(C)C(=O)CCCc3cc(C(=O)O)ccn3)cc2)CC1. The number of carboxylic acid groups (broad SMARTS) is 1. The van der Waals surface area contributed by atoms with Crippen LogP contribution in [0.15, 0.2) is 42.6 Å². The average Bonchev–Trinajstić information content (AvgIpc) is 2.76. The Morgan fingerprint density at radius 3 is 2.42 bits per heavy atom. The summed E-state index contributed by atoms with van der Waals surface area (Å²) < 4.78 is 0. The van der Waals surface area contributed by atoms with Gasteiger partial charge in [-0.1, -0.05) is 24.3 Å². The Bertz CT molecular complexity index is 877. The summed E-state index contributed by atoms with van der Waals surface area (Å²) in [4.78, 5) is 34.3. The van der Waals surface area contributed by atoms with Gasteiger partial charge >= 0.3 is 5.97 Å². The topological polar surface area (TPSA) is 77.0 Å². The highest BCUT2D eigenvalue weighted by Crippen LogP contribution is 2.12. The van der Waals surface area contributed by atoms with Crippen molar-refractivity contribution in [3.05, 3.63) is 65.0 Å². The quantitative estimate of drug-likeness (QED) is 0.667. The van der Waals surface area contributed by atoms with E-state index in [4.69, 9.17) is 5.11 Å². The molecular formula is C24H32N4O3. The van der Waals surface area contributed by atoms with Crippen molar-refractivity contribution in [2.24, 2.45) is 0 Å². The average molecular weight is 425 g/mol. The second kappa shape index (κ2) is 11.0. The molecule has 7 heteroatoms. The number of rotatable bonds is 9. The van der Waals surface area contributed by atoms with Crippen LogP contribution in [0.1, 0.15) is 40.0 Å². The van der Waals surface area contributed by atoms with Gasteiger partial charge in [-0.15, -0.1) is 0 Å². The molecule has 2 heterocycles. The number of carbonyl (C=O) groups is 2. The maximum absolute atomic E-state index is 12.5. The number of piperazine rings is 1. The first kappa shape index (κ1) is 22.9. The van der Waals surface area contributed by atoms with E-state index in [1.165, 1.54) is 17.8 Å². The van der Waals surface area contributed by atoms with Gasteiger partial charge in [-0.2, -0.15) is 0 Å². The predicted octanol–water partition coefficient (Wildman–Crippen LogP) is 2.51. The molecule has 2 aromatic rings. The van der Waals surface area contributed by atoms with Gasteiger partial charge in [-0.3, -0.25) is 14.7 Å². The number of hydrogen-bond acceptors (Lipinski definition) is 5. The van der Waals surface area contributed by atoms with E-state index in [0.29, 0.717) is 31.5 Å². The number of nitrogens with zero attached hydrogens (tertiary/aromatic N) is 4. The number of aryl methyl sites for hydroxylation is 1. The number of carboxylic acids is 1. The number of benzene rings is 1. The number of likely N-dealkylation sites (N-methyl/N-ethyl adjacent to an activating group) is 1. The molecule has 1 N–H and O–H groups in total. The lowest BCUT2D eigenvalue weighted by molar-refractivity contribution is -0.130. The van der Waals surface area contributed by atoms with Crippen LogP contribution in [0, 0.1) is 0 Å². The van der Waals surface area contributed by atoms with E-state index in [1.54, 1.807) is 11.0 Å². The molecule has 0 saturated carbocycles. The van der Waals surface area contributed by atoms with Crippen LogP contribution in [-0.4, -0.2) is 76.9 Å². The van der Waals surface area contributed by atoms with Crippen molar-refractivity contribution in [2.45, 2.75) is 32.4 Å². The number of carbonyl (C=O) groups excluding carboxylic acids is 1. The molecule has 1 aromatic heterocycles. The standard InChI is InChI=1S/C24H32N4O3/c1-26-12-14-28(15-13-26)18-20-8-6-19(7-9-20)17-27(2)23(29)5-3-4-22-16-21(24(30)31)10-11-25-22/h6-11,16H,3-5,12-15,17-18H2,1-2H3,(H,30,31). The molecule has 0 aliphatic carbocycles. The molecule has 0 radical (unpaired) electrons. The summed E-state index contributed by atoms with van der Waals surface area (Å²) >= 11 is 0. The minimum atomic E-state index is -0.964. The molecule has 0 bridgehead atoms. The van der Waals surface area contributed by atoms with Crippen molar-refractivity contribution < 1.29 is 14.7 Å². The van der Waals surface area contributed by atoms with Gasteiger partial charge in [0.05, 0.1) is 5.56 Å². The molecule has 166 valence electrons. The van der Waals surface area contributed by atoms with E-state index in [1.807, 2.05) is 7.05 Å². The van der Waals surface area contributed by atoms with Gasteiger partial charge in [0, 0.05) is 64.6 Å². The molecule has 1 amide bonds. The minimum Gasteiger partial charge on any atom is -0.478 e. The van der Waals surface area contributed by atoms with Crippen LogP contribution in [-0.2, 0) is 24.3 Å². The maximum atomic E-state index is 12.5. The lowest BCUT2D eigenvalue weighted by Crippen LogP contribution is -2.43. The van der Waals surface area contributed by atoms with Crippen molar-refractivity contribution >= 4 is 11.9 Å². The largest absolute Gasteiger partial charge is 0.478 e. The Morgan fingerprint density at radius 1 is 1.06 bits per heavy atom. The maximum Gasteiger partial charge on any atom is 0.335 e. The smallest absolute Gasteiger partial charge is 0.335 e. The lowest BCUT2D eigenvalue weighted by atomic mass is 10.1. The molecule has 0 spiro atoms. The highest BCUT2D eigenvalue weighted by Gasteiger charge is 2.14. The fourth-order valence-corrected chi connectivity index (χ4v) is 3.74. The van der Waals surface area contributed by atoms with Gasteiger partial charge < -0.3 is 14.9 Å². The van der Waals surface area contributed by atoms with Crippen LogP contribution in [0.5, 0.6) is 0 Å². The molecule has 1 aliphatic heterocycles. The second-order valence-electron chi connectivity index (χ2n) is 8.34. The van der Waals surface area contributed by atoms with Gasteiger partial charge in [0.1, 0.15) is 0 Å². The first-order chi connectivity index (χ1) is 14.9. The normalized spacial score (nSPS) is 15.0. The van der Waals surface area contributed by atoms with Crippen molar-refractivity contribution in [2.75, 3.05) is 40.3 Å². The zero-order chi connectivity index (χ0) is 22.2. The number of aromatic nitrogens is 1. The molecule has 0 atom stereocenters. The summed E-state index contributed by atoms with van der Waals surface area (Å²) in [7, 11) is 3.99. The van der Waals surface area contributed by atoms with Crippen LogP contribution >= 0.6 is 0 Å². The molecule has 1 saturated heterocycles. The first-order valence-corrected chi connectivity index (χ1v) is 10.8. The minimum absolute atomic E-state index is 0.0795. The second-order valence-corrected chi connectivity index (χ2v) is 8.34. The highest BCUT2D eigenvalue weighted by atomic mass is 16.4. The molecule has 0 unspecified atom stereocenters. The Labute approximate surface area is 184 Å². The highest BCUT2D eigenvalue weighted by molar-refractivity contribution is 5.87. The Balaban J connectivity index is 1.42. The molecule has 1 aliphatic rings. The van der Waals surface area contributed by atoms with E-state index >= 15 is 0 Å². The van der Waals surface area contributed by atoms with E-state index in [-0.39, 0.29) is 11.5 Å². The summed E-state index contributed by atoms with van der Waals surface area (Å²) in [5.74, 6) is -0.884. The molecular weight excluding hydrogens is 392 g/mol. The zero-order valence-corrected chi connectivity index (χ0v) is 18.5. The fourth-order valence-electron chi connectivity index (χ4n) is 3.74. The van der Waals surface area contributed by atoms with Gasteiger partial charge in [-0.05, 0) is 43.1 Å². The van der Waals surface area contributed by atoms with Crippen molar-refractivity contribution in [3.8, 4) is 0 Å². The summed E-state index contributed by atoms with van der Waals surface area (Å²) in [6.45, 7) is 6.00. The Hall–Kier alpha value is -2.77. The van der Waals surface area contributed by atoms with Crippen molar-refractivity contribution in [3.63, 3.8) is 0 Å². The van der Waals surface area contributed by atoms with Gasteiger partial charge in [-0.25, -0.2) is 4.79 Å². The van der Waals surface area contributed by atoms with E-state index in [9.17, 15) is 9.59 Å². The summed E-state index contributed by atoms with van der Waals surface area (Å²) in [6, 6.07) is 11.6. The van der Waals surface area contributed by atoms with Crippen LogP contribution < -0.4 is 0 Å². The van der Waals surface area contributed by atoms with Crippen molar-refractivity contribution in [1.29, 1.82) is 0 Å². The number of hydrogen-bond donors (Lipinski definition) is 1. The summed E-state index contributed by atoms with van der Waals surface area (Å²) in [5, 5.41) is 9.05. The zero-order valence-electron chi connectivity index (χ0n) is 18.5. The fraction of sp³-hybridized carbons (Fsp3) is 0.458. The van der Waals surface area contributed by atoms with Crippen LogP contribution in [0.2, 0.25) is 0 Å². The monoisotopic (exact) mass is 424 g/mol. The third-order valence-corrected chi connectivity index (χ3v) is 5.76. The Kier molecular flexibility index (Phi) is 8.14. The molecule has 31 heavy (non-hydrogen) atoms. The van der Waals surface area contributed by atoms with Crippen LogP contribution in [0.25, 0.3) is 0 Å². The Morgan fingerprint density at radius 2 is 1.74 bits per heavy atom. The van der Waals surface area contributed by atoms with Crippen LogP contribution in [0.3, 0.4) is 0 Å². The number of pyridine rings is 1. The third kappa shape index (κ3) is 7.15. The number of amides is 1. The third-order valence-electron chi connectivity index (χ3n) is 5.76. The van der Waals surface area contributed by atoms with E-state index in [2.05, 4.69) is 46.1 Å². The van der Waals surface area contributed by atoms with Crippen molar-refractivity contribution in [1.82, 2.24) is 19.7 Å². The van der Waals surface area contributed by atoms with E-state index < -0.39 is 5.97 Å².